The lowest BCUT2D eigenvalue weighted by Crippen LogP contribution is -2.54. The Hall–Kier alpha value is -1.89. The number of amides is 1. The third kappa shape index (κ3) is 4.03. The van der Waals surface area contributed by atoms with Gasteiger partial charge in [0.05, 0.1) is 11.7 Å². The quantitative estimate of drug-likeness (QED) is 0.853. The van der Waals surface area contributed by atoms with Crippen LogP contribution in [0.3, 0.4) is 0 Å². The van der Waals surface area contributed by atoms with Gasteiger partial charge in [0.15, 0.2) is 0 Å². The van der Waals surface area contributed by atoms with E-state index in [4.69, 9.17) is 4.74 Å². The summed E-state index contributed by atoms with van der Waals surface area (Å²) in [5.41, 5.74) is 1.25. The predicted molar refractivity (Wildman–Crippen MR) is 99.2 cm³/mol. The van der Waals surface area contributed by atoms with E-state index < -0.39 is 5.60 Å². The van der Waals surface area contributed by atoms with E-state index in [1.54, 1.807) is 13.3 Å². The molecule has 1 aromatic carbocycles. The van der Waals surface area contributed by atoms with Gasteiger partial charge in [-0.25, -0.2) is 4.68 Å². The van der Waals surface area contributed by atoms with E-state index in [0.29, 0.717) is 12.8 Å². The standard InChI is InChI=1S/C18H24N4O2.ClH/c1-14(21-17(23)18(24-2)8-11-19-12-9-18)15-6-3-4-7-16(15)22-13-5-10-20-22;/h3-7,10,13-14,19H,8-9,11-12H2,1-2H3,(H,21,23);1H. The molecule has 0 spiro atoms. The van der Waals surface area contributed by atoms with Gasteiger partial charge in [-0.3, -0.25) is 4.79 Å². The third-order valence-corrected chi connectivity index (χ3v) is 4.72. The maximum absolute atomic E-state index is 12.8. The minimum Gasteiger partial charge on any atom is -0.368 e. The number of benzene rings is 1. The zero-order valence-corrected chi connectivity index (χ0v) is 15.4. The summed E-state index contributed by atoms with van der Waals surface area (Å²) >= 11 is 0. The van der Waals surface area contributed by atoms with E-state index in [1.165, 1.54) is 0 Å². The maximum atomic E-state index is 12.8. The van der Waals surface area contributed by atoms with Crippen LogP contribution < -0.4 is 10.6 Å². The molecule has 1 aliphatic rings. The van der Waals surface area contributed by atoms with Gasteiger partial charge in [0.1, 0.15) is 5.60 Å². The number of methoxy groups -OCH3 is 1. The summed E-state index contributed by atoms with van der Waals surface area (Å²) in [5, 5.41) is 10.7. The SMILES string of the molecule is COC1(C(=O)NC(C)c2ccccc2-n2cccn2)CCNCC1.Cl. The van der Waals surface area contributed by atoms with E-state index in [1.807, 2.05) is 48.1 Å². The number of carbonyl (C=O) groups is 1. The Labute approximate surface area is 154 Å². The average molecular weight is 365 g/mol. The number of nitrogens with one attached hydrogen (secondary N) is 2. The fraction of sp³-hybridized carbons (Fsp3) is 0.444. The summed E-state index contributed by atoms with van der Waals surface area (Å²) < 4.78 is 7.42. The highest BCUT2D eigenvalue weighted by Gasteiger charge is 2.40. The smallest absolute Gasteiger partial charge is 0.252 e. The van der Waals surface area contributed by atoms with E-state index in [-0.39, 0.29) is 24.4 Å². The molecule has 0 aliphatic carbocycles. The van der Waals surface area contributed by atoms with Crippen LogP contribution in [0.15, 0.2) is 42.7 Å². The molecule has 2 N–H and O–H groups in total. The molecule has 1 unspecified atom stereocenters. The van der Waals surface area contributed by atoms with Gasteiger partial charge in [0.25, 0.3) is 5.91 Å². The Morgan fingerprint density at radius 1 is 1.32 bits per heavy atom. The number of hydrogen-bond acceptors (Lipinski definition) is 4. The van der Waals surface area contributed by atoms with Crippen LogP contribution in [0.4, 0.5) is 0 Å². The molecule has 7 heteroatoms. The Kier molecular flexibility index (Phi) is 6.58. The van der Waals surface area contributed by atoms with Gasteiger partial charge >= 0.3 is 0 Å². The van der Waals surface area contributed by atoms with Gasteiger partial charge in [0, 0.05) is 19.5 Å². The lowest BCUT2D eigenvalue weighted by atomic mass is 9.90. The second-order valence-electron chi connectivity index (χ2n) is 6.15. The summed E-state index contributed by atoms with van der Waals surface area (Å²) in [6.07, 6.45) is 5.01. The zero-order chi connectivity index (χ0) is 17.0. The molecule has 2 aromatic rings. The molecule has 1 saturated heterocycles. The number of hydrogen-bond donors (Lipinski definition) is 2. The van der Waals surface area contributed by atoms with Crippen LogP contribution in [0.25, 0.3) is 5.69 Å². The number of carbonyl (C=O) groups excluding carboxylic acids is 1. The van der Waals surface area contributed by atoms with Gasteiger partial charge in [0.2, 0.25) is 0 Å². The van der Waals surface area contributed by atoms with Crippen molar-refractivity contribution in [1.29, 1.82) is 0 Å². The van der Waals surface area contributed by atoms with Crippen LogP contribution in [-0.2, 0) is 9.53 Å². The van der Waals surface area contributed by atoms with Gasteiger partial charge in [-0.15, -0.1) is 12.4 Å². The molecule has 1 atom stereocenters. The molecule has 136 valence electrons. The topological polar surface area (TPSA) is 68.2 Å². The summed E-state index contributed by atoms with van der Waals surface area (Å²) in [6, 6.07) is 9.71. The van der Waals surface area contributed by atoms with E-state index >= 15 is 0 Å². The highest BCUT2D eigenvalue weighted by atomic mass is 35.5. The molecular formula is C18H25ClN4O2. The Bertz CT molecular complexity index is 684. The fourth-order valence-electron chi connectivity index (χ4n) is 3.23. The van der Waals surface area contributed by atoms with Crippen LogP contribution >= 0.6 is 12.4 Å². The minimum absolute atomic E-state index is 0. The largest absolute Gasteiger partial charge is 0.368 e. The molecule has 0 bridgehead atoms. The van der Waals surface area contributed by atoms with Crippen LogP contribution in [0.5, 0.6) is 0 Å². The van der Waals surface area contributed by atoms with Crippen LogP contribution in [0, 0.1) is 0 Å². The van der Waals surface area contributed by atoms with Crippen LogP contribution in [0.2, 0.25) is 0 Å². The number of piperidine rings is 1. The molecule has 1 amide bonds. The Morgan fingerprint density at radius 3 is 2.68 bits per heavy atom. The molecule has 0 radical (unpaired) electrons. The lowest BCUT2D eigenvalue weighted by Gasteiger charge is -2.35. The normalized spacial score (nSPS) is 17.4. The second-order valence-corrected chi connectivity index (χ2v) is 6.15. The first kappa shape index (κ1) is 19.4. The number of nitrogens with zero attached hydrogens (tertiary/aromatic N) is 2. The van der Waals surface area contributed by atoms with Gasteiger partial charge < -0.3 is 15.4 Å². The van der Waals surface area contributed by atoms with E-state index in [0.717, 1.165) is 24.3 Å². The van der Waals surface area contributed by atoms with Crippen molar-refractivity contribution in [3.05, 3.63) is 48.3 Å². The molecule has 3 rings (SSSR count). The first-order valence-corrected chi connectivity index (χ1v) is 8.32. The number of para-hydroxylation sites is 1. The molecular weight excluding hydrogens is 340 g/mol. The van der Waals surface area contributed by atoms with Crippen molar-refractivity contribution < 1.29 is 9.53 Å². The van der Waals surface area contributed by atoms with Crippen molar-refractivity contribution in [3.8, 4) is 5.69 Å². The second kappa shape index (κ2) is 8.47. The highest BCUT2D eigenvalue weighted by Crippen LogP contribution is 2.26. The van der Waals surface area contributed by atoms with Crippen molar-refractivity contribution in [2.24, 2.45) is 0 Å². The number of rotatable bonds is 5. The third-order valence-electron chi connectivity index (χ3n) is 4.72. The molecule has 0 saturated carbocycles. The lowest BCUT2D eigenvalue weighted by molar-refractivity contribution is -0.147. The minimum atomic E-state index is -0.736. The fourth-order valence-corrected chi connectivity index (χ4v) is 3.23. The molecule has 6 nitrogen and oxygen atoms in total. The first-order valence-electron chi connectivity index (χ1n) is 8.32. The van der Waals surface area contributed by atoms with E-state index in [9.17, 15) is 4.79 Å². The van der Waals surface area contributed by atoms with Crippen LogP contribution in [-0.4, -0.2) is 41.5 Å². The molecule has 25 heavy (non-hydrogen) atoms. The molecule has 1 fully saturated rings. The van der Waals surface area contributed by atoms with Crippen molar-refractivity contribution in [2.45, 2.75) is 31.4 Å². The van der Waals surface area contributed by atoms with Crippen molar-refractivity contribution in [1.82, 2.24) is 20.4 Å². The van der Waals surface area contributed by atoms with Gasteiger partial charge in [-0.2, -0.15) is 5.10 Å². The zero-order valence-electron chi connectivity index (χ0n) is 14.6. The summed E-state index contributed by atoms with van der Waals surface area (Å²) in [6.45, 7) is 3.57. The Morgan fingerprint density at radius 2 is 2.04 bits per heavy atom. The van der Waals surface area contributed by atoms with Crippen LogP contribution in [0.1, 0.15) is 31.4 Å². The van der Waals surface area contributed by atoms with Gasteiger partial charge in [-0.1, -0.05) is 18.2 Å². The van der Waals surface area contributed by atoms with Crippen molar-refractivity contribution >= 4 is 18.3 Å². The molecule has 1 aliphatic heterocycles. The highest BCUT2D eigenvalue weighted by molar-refractivity contribution is 5.86. The average Bonchev–Trinajstić information content (AvgIpc) is 3.16. The Balaban J connectivity index is 0.00000225. The first-order chi connectivity index (χ1) is 11.7. The van der Waals surface area contributed by atoms with E-state index in [2.05, 4.69) is 15.7 Å². The predicted octanol–water partition coefficient (Wildman–Crippen LogP) is 2.24. The summed E-state index contributed by atoms with van der Waals surface area (Å²) in [5.74, 6) is -0.0470. The number of aromatic nitrogens is 2. The summed E-state index contributed by atoms with van der Waals surface area (Å²) in [4.78, 5) is 12.8. The number of ether oxygens (including phenoxy) is 1. The summed E-state index contributed by atoms with van der Waals surface area (Å²) in [7, 11) is 1.62. The monoisotopic (exact) mass is 364 g/mol. The van der Waals surface area contributed by atoms with Crippen molar-refractivity contribution in [3.63, 3.8) is 0 Å². The maximum Gasteiger partial charge on any atom is 0.252 e. The van der Waals surface area contributed by atoms with Crippen molar-refractivity contribution in [2.75, 3.05) is 20.2 Å². The van der Waals surface area contributed by atoms with Gasteiger partial charge in [-0.05, 0) is 50.6 Å². The number of halogens is 1. The molecule has 2 heterocycles. The molecule has 1 aromatic heterocycles.